The van der Waals surface area contributed by atoms with Gasteiger partial charge in [-0.15, -0.1) is 0 Å². The van der Waals surface area contributed by atoms with E-state index in [2.05, 4.69) is 32.7 Å². The van der Waals surface area contributed by atoms with Gasteiger partial charge in [0.15, 0.2) is 0 Å². The number of amides is 1. The number of fused-ring (bicyclic) bond motifs is 1. The monoisotopic (exact) mass is 434 g/mol. The van der Waals surface area contributed by atoms with E-state index in [0.717, 1.165) is 22.0 Å². The predicted octanol–water partition coefficient (Wildman–Crippen LogP) is 4.36. The van der Waals surface area contributed by atoms with Crippen LogP contribution >= 0.6 is 0 Å². The predicted molar refractivity (Wildman–Crippen MR) is 128 cm³/mol. The third kappa shape index (κ3) is 4.72. The van der Waals surface area contributed by atoms with Crippen LogP contribution in [-0.4, -0.2) is 25.4 Å². The molecule has 1 amide bonds. The minimum atomic E-state index is -0.145. The van der Waals surface area contributed by atoms with Gasteiger partial charge in [-0.05, 0) is 29.3 Å². The Kier molecular flexibility index (Phi) is 5.75. The van der Waals surface area contributed by atoms with Gasteiger partial charge >= 0.3 is 0 Å². The van der Waals surface area contributed by atoms with Crippen molar-refractivity contribution in [2.45, 2.75) is 13.1 Å². The third-order valence-electron chi connectivity index (χ3n) is 5.28. The van der Waals surface area contributed by atoms with E-state index in [9.17, 15) is 4.79 Å². The quantitative estimate of drug-likeness (QED) is 0.398. The summed E-state index contributed by atoms with van der Waals surface area (Å²) in [5, 5.41) is 7.17. The molecule has 33 heavy (non-hydrogen) atoms. The van der Waals surface area contributed by atoms with E-state index in [1.165, 1.54) is 0 Å². The number of imidazole rings is 1. The van der Waals surface area contributed by atoms with Crippen molar-refractivity contribution in [3.05, 3.63) is 114 Å². The van der Waals surface area contributed by atoms with E-state index in [1.54, 1.807) is 29.4 Å². The van der Waals surface area contributed by atoms with Crippen molar-refractivity contribution in [2.24, 2.45) is 0 Å². The normalized spacial score (nSPS) is 10.8. The van der Waals surface area contributed by atoms with Gasteiger partial charge < -0.3 is 10.6 Å². The largest absolute Gasteiger partial charge is 0.365 e. The number of rotatable bonds is 7. The van der Waals surface area contributed by atoms with Gasteiger partial charge in [0.2, 0.25) is 5.95 Å². The third-order valence-corrected chi connectivity index (χ3v) is 5.28. The topological polar surface area (TPSA) is 84.7 Å². The fraction of sp³-hybridized carbons (Fsp3) is 0.0769. The molecule has 0 aliphatic heterocycles. The first-order chi connectivity index (χ1) is 16.3. The average molecular weight is 435 g/mol. The van der Waals surface area contributed by atoms with Gasteiger partial charge in [0.05, 0.1) is 5.52 Å². The van der Waals surface area contributed by atoms with E-state index in [-0.39, 0.29) is 5.91 Å². The summed E-state index contributed by atoms with van der Waals surface area (Å²) in [6.45, 7) is 1.06. The molecule has 0 unspecified atom stereocenters. The lowest BCUT2D eigenvalue weighted by Crippen LogP contribution is -2.22. The maximum Gasteiger partial charge on any atom is 0.251 e. The Labute approximate surface area is 191 Å². The lowest BCUT2D eigenvalue weighted by Gasteiger charge is -2.12. The van der Waals surface area contributed by atoms with Crippen LogP contribution in [0.25, 0.3) is 16.9 Å². The van der Waals surface area contributed by atoms with E-state index < -0.39 is 0 Å². The summed E-state index contributed by atoms with van der Waals surface area (Å²) in [5.74, 6) is 1.02. The molecule has 0 aliphatic carbocycles. The van der Waals surface area contributed by atoms with Crippen LogP contribution in [0.5, 0.6) is 0 Å². The first-order valence-electron chi connectivity index (χ1n) is 10.7. The number of benzene rings is 3. The van der Waals surface area contributed by atoms with Crippen molar-refractivity contribution in [1.29, 1.82) is 0 Å². The highest BCUT2D eigenvalue weighted by atomic mass is 16.1. The summed E-state index contributed by atoms with van der Waals surface area (Å²) in [7, 11) is 0. The number of nitrogens with one attached hydrogen (secondary N) is 2. The number of carbonyl (C=O) groups excluding carboxylic acids is 1. The van der Waals surface area contributed by atoms with E-state index in [4.69, 9.17) is 4.98 Å². The molecule has 0 spiro atoms. The zero-order valence-electron chi connectivity index (χ0n) is 17.8. The highest BCUT2D eigenvalue weighted by Gasteiger charge is 2.13. The number of anilines is 1. The molecule has 7 nitrogen and oxygen atoms in total. The Morgan fingerprint density at radius 1 is 0.848 bits per heavy atom. The van der Waals surface area contributed by atoms with Gasteiger partial charge in [0.25, 0.3) is 5.91 Å². The molecule has 3 aromatic carbocycles. The highest BCUT2D eigenvalue weighted by Crippen LogP contribution is 2.24. The summed E-state index contributed by atoms with van der Waals surface area (Å²) < 4.78 is 1.76. The van der Waals surface area contributed by atoms with Gasteiger partial charge in [-0.25, -0.2) is 9.97 Å². The van der Waals surface area contributed by atoms with Crippen LogP contribution < -0.4 is 10.6 Å². The Bertz CT molecular complexity index is 1370. The van der Waals surface area contributed by atoms with Gasteiger partial charge in [-0.2, -0.15) is 4.98 Å². The number of hydrogen-bond donors (Lipinski definition) is 2. The van der Waals surface area contributed by atoms with E-state index >= 15 is 0 Å². The fourth-order valence-electron chi connectivity index (χ4n) is 3.55. The minimum absolute atomic E-state index is 0.145. The molecule has 2 aromatic heterocycles. The maximum absolute atomic E-state index is 12.8. The van der Waals surface area contributed by atoms with Crippen molar-refractivity contribution in [3.63, 3.8) is 0 Å². The molecule has 0 saturated heterocycles. The van der Waals surface area contributed by atoms with Crippen LogP contribution in [0.2, 0.25) is 0 Å². The first-order valence-corrected chi connectivity index (χ1v) is 10.7. The molecule has 0 atom stereocenters. The first kappa shape index (κ1) is 20.4. The molecule has 0 bridgehead atoms. The minimum Gasteiger partial charge on any atom is -0.365 e. The Morgan fingerprint density at radius 2 is 1.58 bits per heavy atom. The van der Waals surface area contributed by atoms with Crippen molar-refractivity contribution in [3.8, 4) is 5.95 Å². The van der Waals surface area contributed by atoms with Crippen molar-refractivity contribution >= 4 is 22.6 Å². The smallest absolute Gasteiger partial charge is 0.251 e. The zero-order chi connectivity index (χ0) is 22.5. The molecule has 5 rings (SSSR count). The molecule has 0 fully saturated rings. The fourth-order valence-corrected chi connectivity index (χ4v) is 3.55. The van der Waals surface area contributed by atoms with Gasteiger partial charge in [0, 0.05) is 36.4 Å². The summed E-state index contributed by atoms with van der Waals surface area (Å²) >= 11 is 0. The number of nitrogens with zero attached hydrogens (tertiary/aromatic N) is 4. The highest BCUT2D eigenvalue weighted by molar-refractivity contribution is 6.00. The summed E-state index contributed by atoms with van der Waals surface area (Å²) in [4.78, 5) is 26.3. The summed E-state index contributed by atoms with van der Waals surface area (Å²) in [6, 6.07) is 25.4. The number of hydrogen-bond acceptors (Lipinski definition) is 5. The van der Waals surface area contributed by atoms with Crippen LogP contribution in [0.4, 0.5) is 5.82 Å². The maximum atomic E-state index is 12.8. The molecule has 5 aromatic rings. The van der Waals surface area contributed by atoms with Crippen LogP contribution in [-0.2, 0) is 13.1 Å². The molecular formula is C26H22N6O. The van der Waals surface area contributed by atoms with E-state index in [1.807, 2.05) is 60.7 Å². The lowest BCUT2D eigenvalue weighted by molar-refractivity contribution is 0.0951. The second kappa shape index (κ2) is 9.32. The Balaban J connectivity index is 1.46. The van der Waals surface area contributed by atoms with Crippen LogP contribution in [0.1, 0.15) is 21.5 Å². The molecule has 0 aliphatic rings. The van der Waals surface area contributed by atoms with Crippen LogP contribution in [0.3, 0.4) is 0 Å². The van der Waals surface area contributed by atoms with Crippen LogP contribution in [0, 0.1) is 0 Å². The van der Waals surface area contributed by atoms with Crippen LogP contribution in [0.15, 0.2) is 97.6 Å². The van der Waals surface area contributed by atoms with Crippen molar-refractivity contribution < 1.29 is 4.79 Å². The van der Waals surface area contributed by atoms with Gasteiger partial charge in [-0.3, -0.25) is 9.36 Å². The Hall–Kier alpha value is -4.52. The van der Waals surface area contributed by atoms with Crippen molar-refractivity contribution in [1.82, 2.24) is 24.8 Å². The second-order valence-electron chi connectivity index (χ2n) is 7.58. The lowest BCUT2D eigenvalue weighted by atomic mass is 10.1. The molecule has 7 heteroatoms. The number of carbonyl (C=O) groups is 1. The zero-order valence-corrected chi connectivity index (χ0v) is 17.8. The summed E-state index contributed by atoms with van der Waals surface area (Å²) in [5.41, 5.74) is 3.47. The van der Waals surface area contributed by atoms with E-state index in [0.29, 0.717) is 30.4 Å². The number of aromatic nitrogens is 4. The standard InChI is InChI=1S/C26H22N6O/c33-25(29-17-20-9-5-2-6-10-20)21-11-12-23-22(15-21)24(28-16-19-7-3-1-4-8-19)31-26(30-23)32-14-13-27-18-32/h1-15,18H,16-17H2,(H,29,33)(H,28,30,31). The molecule has 2 N–H and O–H groups in total. The Morgan fingerprint density at radius 3 is 2.27 bits per heavy atom. The second-order valence-corrected chi connectivity index (χ2v) is 7.58. The van der Waals surface area contributed by atoms with Gasteiger partial charge in [-0.1, -0.05) is 60.7 Å². The van der Waals surface area contributed by atoms with Gasteiger partial charge in [0.1, 0.15) is 12.1 Å². The molecular weight excluding hydrogens is 412 g/mol. The molecule has 0 radical (unpaired) electrons. The molecule has 2 heterocycles. The molecule has 0 saturated carbocycles. The summed E-state index contributed by atoms with van der Waals surface area (Å²) in [6.07, 6.45) is 5.14. The molecule has 162 valence electrons. The average Bonchev–Trinajstić information content (AvgIpc) is 3.42. The SMILES string of the molecule is O=C(NCc1ccccc1)c1ccc2nc(-n3ccnc3)nc(NCc3ccccc3)c2c1. The van der Waals surface area contributed by atoms with Crippen molar-refractivity contribution in [2.75, 3.05) is 5.32 Å².